The highest BCUT2D eigenvalue weighted by atomic mass is 79.9. The molecule has 0 saturated carbocycles. The molecule has 4 heteroatoms. The maximum absolute atomic E-state index is 5.91. The number of aryl methyl sites for hydroxylation is 2. The summed E-state index contributed by atoms with van der Waals surface area (Å²) in [5.41, 5.74) is 9.57. The van der Waals surface area contributed by atoms with Crippen molar-refractivity contribution in [3.8, 4) is 0 Å². The van der Waals surface area contributed by atoms with Gasteiger partial charge in [-0.05, 0) is 46.8 Å². The number of nitrogens with zero attached hydrogens (tertiary/aromatic N) is 2. The number of rotatable bonds is 1. The van der Waals surface area contributed by atoms with Crippen molar-refractivity contribution in [2.24, 2.45) is 0 Å². The number of nitrogen functional groups attached to an aromatic ring is 1. The van der Waals surface area contributed by atoms with Gasteiger partial charge in [0, 0.05) is 5.92 Å². The summed E-state index contributed by atoms with van der Waals surface area (Å²) in [7, 11) is 0. The fraction of sp³-hybridized carbons (Fsp3) is 0.286. The minimum atomic E-state index is 0.287. The van der Waals surface area contributed by atoms with Crippen molar-refractivity contribution >= 4 is 21.7 Å². The molecule has 0 saturated heterocycles. The lowest BCUT2D eigenvalue weighted by Gasteiger charge is -2.12. The molecule has 0 fully saturated rings. The van der Waals surface area contributed by atoms with Crippen LogP contribution in [0.4, 0.5) is 5.82 Å². The Morgan fingerprint density at radius 2 is 2.06 bits per heavy atom. The van der Waals surface area contributed by atoms with Crippen LogP contribution in [0.5, 0.6) is 0 Å². The molecule has 1 atom stereocenters. The van der Waals surface area contributed by atoms with Crippen molar-refractivity contribution in [1.82, 2.24) is 9.97 Å². The number of hydrogen-bond donors (Lipinski definition) is 1. The lowest BCUT2D eigenvalue weighted by atomic mass is 10.0. The van der Waals surface area contributed by atoms with Gasteiger partial charge in [0.1, 0.15) is 11.6 Å². The molecule has 18 heavy (non-hydrogen) atoms. The molecule has 3 rings (SSSR count). The molecule has 92 valence electrons. The van der Waals surface area contributed by atoms with Gasteiger partial charge in [0.05, 0.1) is 10.2 Å². The van der Waals surface area contributed by atoms with Gasteiger partial charge in [-0.25, -0.2) is 9.97 Å². The fourth-order valence-corrected chi connectivity index (χ4v) is 2.76. The van der Waals surface area contributed by atoms with Gasteiger partial charge < -0.3 is 5.73 Å². The van der Waals surface area contributed by atoms with Gasteiger partial charge >= 0.3 is 0 Å². The van der Waals surface area contributed by atoms with E-state index in [0.717, 1.165) is 28.8 Å². The number of anilines is 1. The second-order valence-corrected chi connectivity index (χ2v) is 5.45. The molecule has 2 aromatic rings. The first-order valence-corrected chi connectivity index (χ1v) is 6.83. The Kier molecular flexibility index (Phi) is 2.82. The molecule has 2 N–H and O–H groups in total. The van der Waals surface area contributed by atoms with Crippen LogP contribution in [0.25, 0.3) is 0 Å². The van der Waals surface area contributed by atoms with Crippen molar-refractivity contribution in [2.45, 2.75) is 25.7 Å². The van der Waals surface area contributed by atoms with Crippen molar-refractivity contribution in [2.75, 3.05) is 5.73 Å². The van der Waals surface area contributed by atoms with Crippen LogP contribution in [0.15, 0.2) is 28.7 Å². The Labute approximate surface area is 115 Å². The maximum Gasteiger partial charge on any atom is 0.141 e. The van der Waals surface area contributed by atoms with Crippen LogP contribution in [0, 0.1) is 6.92 Å². The molecular weight excluding hydrogens is 290 g/mol. The van der Waals surface area contributed by atoms with Crippen LogP contribution in [-0.4, -0.2) is 9.97 Å². The van der Waals surface area contributed by atoms with Gasteiger partial charge in [0.15, 0.2) is 0 Å². The van der Waals surface area contributed by atoms with E-state index >= 15 is 0 Å². The maximum atomic E-state index is 5.91. The summed E-state index contributed by atoms with van der Waals surface area (Å²) in [4.78, 5) is 9.01. The van der Waals surface area contributed by atoms with Gasteiger partial charge in [-0.1, -0.05) is 24.3 Å². The first-order chi connectivity index (χ1) is 8.66. The average Bonchev–Trinajstić information content (AvgIpc) is 2.79. The first-order valence-electron chi connectivity index (χ1n) is 6.04. The topological polar surface area (TPSA) is 51.8 Å². The minimum absolute atomic E-state index is 0.287. The summed E-state index contributed by atoms with van der Waals surface area (Å²) >= 11 is 3.40. The van der Waals surface area contributed by atoms with E-state index in [1.54, 1.807) is 0 Å². The van der Waals surface area contributed by atoms with E-state index in [1.165, 1.54) is 11.1 Å². The van der Waals surface area contributed by atoms with E-state index in [2.05, 4.69) is 50.2 Å². The van der Waals surface area contributed by atoms with E-state index in [4.69, 9.17) is 5.73 Å². The largest absolute Gasteiger partial charge is 0.383 e. The fourth-order valence-electron chi connectivity index (χ4n) is 2.58. The lowest BCUT2D eigenvalue weighted by Crippen LogP contribution is -2.07. The summed E-state index contributed by atoms with van der Waals surface area (Å²) < 4.78 is 0.803. The zero-order valence-corrected chi connectivity index (χ0v) is 11.7. The van der Waals surface area contributed by atoms with Crippen LogP contribution in [0.1, 0.15) is 35.0 Å². The zero-order valence-electron chi connectivity index (χ0n) is 10.2. The van der Waals surface area contributed by atoms with Crippen LogP contribution in [-0.2, 0) is 6.42 Å². The van der Waals surface area contributed by atoms with Crippen LogP contribution >= 0.6 is 15.9 Å². The van der Waals surface area contributed by atoms with E-state index < -0.39 is 0 Å². The van der Waals surface area contributed by atoms with Crippen LogP contribution in [0.2, 0.25) is 0 Å². The second kappa shape index (κ2) is 4.35. The smallest absolute Gasteiger partial charge is 0.141 e. The third-order valence-corrected chi connectivity index (χ3v) is 4.48. The van der Waals surface area contributed by atoms with E-state index in [-0.39, 0.29) is 5.92 Å². The highest BCUT2D eigenvalue weighted by Gasteiger charge is 2.26. The lowest BCUT2D eigenvalue weighted by molar-refractivity contribution is 0.724. The Balaban J connectivity index is 2.08. The van der Waals surface area contributed by atoms with Crippen molar-refractivity contribution in [3.05, 3.63) is 51.4 Å². The van der Waals surface area contributed by atoms with Gasteiger partial charge in [0.25, 0.3) is 0 Å². The average molecular weight is 304 g/mol. The van der Waals surface area contributed by atoms with Crippen molar-refractivity contribution in [3.63, 3.8) is 0 Å². The molecule has 3 nitrogen and oxygen atoms in total. The monoisotopic (exact) mass is 303 g/mol. The number of fused-ring (bicyclic) bond motifs is 1. The summed E-state index contributed by atoms with van der Waals surface area (Å²) in [5, 5.41) is 0. The SMILES string of the molecule is Cc1nc(C2CCc3ccccc32)nc(N)c1Br. The Bertz CT molecular complexity index is 587. The first kappa shape index (κ1) is 11.7. The third-order valence-electron chi connectivity index (χ3n) is 3.50. The molecule has 0 amide bonds. The van der Waals surface area contributed by atoms with Crippen LogP contribution < -0.4 is 5.73 Å². The number of benzene rings is 1. The van der Waals surface area contributed by atoms with Gasteiger partial charge in [-0.15, -0.1) is 0 Å². The molecule has 0 spiro atoms. The summed E-state index contributed by atoms with van der Waals surface area (Å²) in [6.45, 7) is 1.95. The standard InChI is InChI=1S/C14H14BrN3/c1-8-12(15)13(16)18-14(17-8)11-7-6-9-4-2-3-5-10(9)11/h2-5,11H,6-7H2,1H3,(H2,16,17,18). The molecule has 1 aliphatic rings. The number of aromatic nitrogens is 2. The van der Waals surface area contributed by atoms with Crippen LogP contribution in [0.3, 0.4) is 0 Å². The van der Waals surface area contributed by atoms with E-state index in [1.807, 2.05) is 6.92 Å². The predicted octanol–water partition coefficient (Wildman–Crippen LogP) is 3.21. The summed E-state index contributed by atoms with van der Waals surface area (Å²) in [6, 6.07) is 8.52. The Morgan fingerprint density at radius 1 is 1.28 bits per heavy atom. The van der Waals surface area contributed by atoms with Gasteiger partial charge in [-0.3, -0.25) is 0 Å². The molecule has 1 aromatic carbocycles. The molecule has 1 heterocycles. The van der Waals surface area contributed by atoms with E-state index in [9.17, 15) is 0 Å². The molecule has 0 radical (unpaired) electrons. The Hall–Kier alpha value is -1.42. The minimum Gasteiger partial charge on any atom is -0.383 e. The van der Waals surface area contributed by atoms with Gasteiger partial charge in [0.2, 0.25) is 0 Å². The molecule has 1 unspecified atom stereocenters. The highest BCUT2D eigenvalue weighted by molar-refractivity contribution is 9.10. The van der Waals surface area contributed by atoms with Crippen molar-refractivity contribution in [1.29, 1.82) is 0 Å². The Morgan fingerprint density at radius 3 is 2.83 bits per heavy atom. The van der Waals surface area contributed by atoms with Gasteiger partial charge in [-0.2, -0.15) is 0 Å². The third kappa shape index (κ3) is 1.81. The predicted molar refractivity (Wildman–Crippen MR) is 75.5 cm³/mol. The van der Waals surface area contributed by atoms with E-state index in [0.29, 0.717) is 5.82 Å². The van der Waals surface area contributed by atoms with Crippen molar-refractivity contribution < 1.29 is 0 Å². The summed E-state index contributed by atoms with van der Waals surface area (Å²) in [6.07, 6.45) is 2.17. The number of halogens is 1. The molecule has 1 aromatic heterocycles. The molecule has 0 bridgehead atoms. The molecule has 1 aliphatic carbocycles. The number of nitrogens with two attached hydrogens (primary N) is 1. The quantitative estimate of drug-likeness (QED) is 0.880. The highest BCUT2D eigenvalue weighted by Crippen LogP contribution is 2.37. The number of hydrogen-bond acceptors (Lipinski definition) is 3. The normalized spacial score (nSPS) is 17.8. The summed E-state index contributed by atoms with van der Waals surface area (Å²) in [5.74, 6) is 1.66. The molecule has 0 aliphatic heterocycles. The zero-order chi connectivity index (χ0) is 12.7. The second-order valence-electron chi connectivity index (χ2n) is 4.66. The molecular formula is C14H14BrN3.